The highest BCUT2D eigenvalue weighted by atomic mass is 16.3. The molecule has 19 heavy (non-hydrogen) atoms. The highest BCUT2D eigenvalue weighted by Gasteiger charge is 2.37. The highest BCUT2D eigenvalue weighted by Crippen LogP contribution is 2.24. The molecule has 2 amide bonds. The summed E-state index contributed by atoms with van der Waals surface area (Å²) in [6.07, 6.45) is 3.16. The molecule has 4 nitrogen and oxygen atoms in total. The van der Waals surface area contributed by atoms with Crippen molar-refractivity contribution in [3.05, 3.63) is 35.9 Å². The number of nitrogens with zero attached hydrogens (tertiary/aromatic N) is 1. The van der Waals surface area contributed by atoms with E-state index in [9.17, 15) is 9.90 Å². The molecule has 1 aromatic carbocycles. The van der Waals surface area contributed by atoms with Crippen LogP contribution in [0.15, 0.2) is 30.3 Å². The molecule has 4 heteroatoms. The minimum atomic E-state index is -0.412. The molecule has 1 aliphatic heterocycles. The fourth-order valence-corrected chi connectivity index (χ4v) is 2.68. The van der Waals surface area contributed by atoms with E-state index >= 15 is 0 Å². The van der Waals surface area contributed by atoms with Crippen molar-refractivity contribution in [3.63, 3.8) is 0 Å². The third kappa shape index (κ3) is 2.89. The molecule has 1 aromatic rings. The molecule has 2 N–H and O–H groups in total. The molecule has 0 radical (unpaired) electrons. The Bertz CT molecular complexity index is 445. The molecule has 1 heterocycles. The van der Waals surface area contributed by atoms with Gasteiger partial charge in [0.1, 0.15) is 0 Å². The van der Waals surface area contributed by atoms with E-state index in [1.54, 1.807) is 4.90 Å². The first-order valence-electron chi connectivity index (χ1n) is 7.03. The van der Waals surface area contributed by atoms with E-state index in [1.165, 1.54) is 0 Å². The number of urea groups is 1. The van der Waals surface area contributed by atoms with Crippen LogP contribution in [0.1, 0.15) is 24.8 Å². The summed E-state index contributed by atoms with van der Waals surface area (Å²) in [7, 11) is 0. The fraction of sp³-hybridized carbons (Fsp3) is 0.533. The summed E-state index contributed by atoms with van der Waals surface area (Å²) >= 11 is 0. The molecular weight excluding hydrogens is 240 g/mol. The average molecular weight is 260 g/mol. The largest absolute Gasteiger partial charge is 0.391 e. The number of nitrogens with one attached hydrogen (secondary N) is 1. The number of aliphatic hydroxyl groups excluding tert-OH is 1. The van der Waals surface area contributed by atoms with Crippen LogP contribution in [0.5, 0.6) is 0 Å². The van der Waals surface area contributed by atoms with Gasteiger partial charge >= 0.3 is 6.03 Å². The second-order valence-corrected chi connectivity index (χ2v) is 5.53. The second-order valence-electron chi connectivity index (χ2n) is 5.53. The summed E-state index contributed by atoms with van der Waals surface area (Å²) in [6.45, 7) is 0.650. The summed E-state index contributed by atoms with van der Waals surface area (Å²) < 4.78 is 0. The summed E-state index contributed by atoms with van der Waals surface area (Å²) in [6, 6.07) is 10.3. The van der Waals surface area contributed by atoms with Crippen molar-refractivity contribution in [3.8, 4) is 0 Å². The van der Waals surface area contributed by atoms with Crippen LogP contribution in [0.25, 0.3) is 0 Å². The van der Waals surface area contributed by atoms with Crippen molar-refractivity contribution < 1.29 is 9.90 Å². The van der Waals surface area contributed by atoms with Crippen LogP contribution < -0.4 is 5.32 Å². The van der Waals surface area contributed by atoms with Gasteiger partial charge in [0, 0.05) is 12.6 Å². The molecule has 0 unspecified atom stereocenters. The van der Waals surface area contributed by atoms with Gasteiger partial charge in [0.15, 0.2) is 0 Å². The molecule has 1 saturated heterocycles. The Balaban J connectivity index is 1.67. The number of hydrogen-bond donors (Lipinski definition) is 2. The van der Waals surface area contributed by atoms with Crippen molar-refractivity contribution in [2.24, 2.45) is 0 Å². The highest BCUT2D eigenvalue weighted by molar-refractivity contribution is 5.75. The van der Waals surface area contributed by atoms with Crippen LogP contribution in [0.3, 0.4) is 0 Å². The van der Waals surface area contributed by atoms with Crippen molar-refractivity contribution >= 4 is 6.03 Å². The predicted molar refractivity (Wildman–Crippen MR) is 72.8 cm³/mol. The number of carbonyl (C=O) groups excluding carboxylic acids is 1. The van der Waals surface area contributed by atoms with Gasteiger partial charge in [-0.3, -0.25) is 0 Å². The molecule has 0 bridgehead atoms. The lowest BCUT2D eigenvalue weighted by molar-refractivity contribution is 0.122. The standard InChI is InChI=1S/C15H20N2O2/c18-14-8-9-17(15(19)16-12-6-7-12)13(14)10-11-4-2-1-3-5-11/h1-5,12-14,18H,6-10H2,(H,16,19)/t13-,14-/m1/s1. The number of rotatable bonds is 3. The zero-order chi connectivity index (χ0) is 13.2. The third-order valence-corrected chi connectivity index (χ3v) is 3.96. The Morgan fingerprint density at radius 1 is 1.26 bits per heavy atom. The lowest BCUT2D eigenvalue weighted by atomic mass is 10.0. The lowest BCUT2D eigenvalue weighted by Gasteiger charge is -2.26. The van der Waals surface area contributed by atoms with Gasteiger partial charge in [0.25, 0.3) is 0 Å². The molecule has 1 aliphatic carbocycles. The number of benzene rings is 1. The molecule has 3 rings (SSSR count). The van der Waals surface area contributed by atoms with E-state index in [-0.39, 0.29) is 12.1 Å². The van der Waals surface area contributed by atoms with Crippen molar-refractivity contribution in [1.82, 2.24) is 10.2 Å². The maximum Gasteiger partial charge on any atom is 0.317 e. The van der Waals surface area contributed by atoms with Crippen LogP contribution in [0, 0.1) is 0 Å². The van der Waals surface area contributed by atoms with E-state index < -0.39 is 6.10 Å². The van der Waals surface area contributed by atoms with Gasteiger partial charge in [-0.2, -0.15) is 0 Å². The molecule has 0 spiro atoms. The first-order valence-corrected chi connectivity index (χ1v) is 7.03. The zero-order valence-electron chi connectivity index (χ0n) is 11.0. The normalized spacial score (nSPS) is 26.5. The van der Waals surface area contributed by atoms with E-state index in [0.29, 0.717) is 19.0 Å². The minimum Gasteiger partial charge on any atom is -0.391 e. The lowest BCUT2D eigenvalue weighted by Crippen LogP contribution is -2.46. The maximum atomic E-state index is 12.1. The monoisotopic (exact) mass is 260 g/mol. The Kier molecular flexibility index (Phi) is 3.42. The van der Waals surface area contributed by atoms with Gasteiger partial charge in [0.2, 0.25) is 0 Å². The molecule has 102 valence electrons. The number of hydrogen-bond acceptors (Lipinski definition) is 2. The van der Waals surface area contributed by atoms with Crippen molar-refractivity contribution in [2.45, 2.75) is 43.9 Å². The van der Waals surface area contributed by atoms with Crippen LogP contribution in [0.4, 0.5) is 4.79 Å². The quantitative estimate of drug-likeness (QED) is 0.866. The van der Waals surface area contributed by atoms with Gasteiger partial charge in [-0.15, -0.1) is 0 Å². The summed E-state index contributed by atoms with van der Waals surface area (Å²) in [5.74, 6) is 0. The van der Waals surface area contributed by atoms with E-state index in [4.69, 9.17) is 0 Å². The smallest absolute Gasteiger partial charge is 0.317 e. The molecule has 2 atom stereocenters. The summed E-state index contributed by atoms with van der Waals surface area (Å²) in [5, 5.41) is 13.1. The first-order chi connectivity index (χ1) is 9.24. The Hall–Kier alpha value is -1.55. The van der Waals surface area contributed by atoms with Crippen LogP contribution in [-0.4, -0.2) is 40.8 Å². The van der Waals surface area contributed by atoms with Gasteiger partial charge < -0.3 is 15.3 Å². The number of amides is 2. The molecule has 0 aromatic heterocycles. The van der Waals surface area contributed by atoms with Crippen molar-refractivity contribution in [1.29, 1.82) is 0 Å². The van der Waals surface area contributed by atoms with Crippen molar-refractivity contribution in [2.75, 3.05) is 6.54 Å². The molecule has 2 aliphatic rings. The summed E-state index contributed by atoms with van der Waals surface area (Å²) in [5.41, 5.74) is 1.16. The Labute approximate surface area is 113 Å². The molecule has 2 fully saturated rings. The predicted octanol–water partition coefficient (Wildman–Crippen LogP) is 1.54. The van der Waals surface area contributed by atoms with E-state index in [0.717, 1.165) is 24.8 Å². The first kappa shape index (κ1) is 12.5. The summed E-state index contributed by atoms with van der Waals surface area (Å²) in [4.78, 5) is 13.9. The second kappa shape index (κ2) is 5.21. The van der Waals surface area contributed by atoms with Gasteiger partial charge in [0.05, 0.1) is 12.1 Å². The number of carbonyl (C=O) groups is 1. The van der Waals surface area contributed by atoms with Crippen LogP contribution in [-0.2, 0) is 6.42 Å². The van der Waals surface area contributed by atoms with Gasteiger partial charge in [-0.1, -0.05) is 30.3 Å². The van der Waals surface area contributed by atoms with E-state index in [1.807, 2.05) is 30.3 Å². The van der Waals surface area contributed by atoms with Crippen LogP contribution in [0.2, 0.25) is 0 Å². The topological polar surface area (TPSA) is 52.6 Å². The maximum absolute atomic E-state index is 12.1. The number of likely N-dealkylation sites (tertiary alicyclic amines) is 1. The fourth-order valence-electron chi connectivity index (χ4n) is 2.68. The Morgan fingerprint density at radius 3 is 2.68 bits per heavy atom. The van der Waals surface area contributed by atoms with E-state index in [2.05, 4.69) is 5.32 Å². The SMILES string of the molecule is O=C(NC1CC1)N1CC[C@@H](O)[C@H]1Cc1ccccc1. The Morgan fingerprint density at radius 2 is 2.00 bits per heavy atom. The molecule has 1 saturated carbocycles. The molecular formula is C15H20N2O2. The van der Waals surface area contributed by atoms with Gasteiger partial charge in [-0.05, 0) is 31.2 Å². The average Bonchev–Trinajstić information content (AvgIpc) is 3.15. The van der Waals surface area contributed by atoms with Gasteiger partial charge in [-0.25, -0.2) is 4.79 Å². The number of aliphatic hydroxyl groups is 1. The zero-order valence-corrected chi connectivity index (χ0v) is 11.0. The third-order valence-electron chi connectivity index (χ3n) is 3.96. The van der Waals surface area contributed by atoms with Crippen LogP contribution >= 0.6 is 0 Å². The minimum absolute atomic E-state index is 0.0139.